The van der Waals surface area contributed by atoms with Gasteiger partial charge in [-0.2, -0.15) is 0 Å². The second kappa shape index (κ2) is 3.44. The van der Waals surface area contributed by atoms with Gasteiger partial charge >= 0.3 is 0 Å². The molecule has 72 valence electrons. The van der Waals surface area contributed by atoms with E-state index in [9.17, 15) is 9.59 Å². The summed E-state index contributed by atoms with van der Waals surface area (Å²) in [5.41, 5.74) is -0.458. The van der Waals surface area contributed by atoms with Crippen molar-refractivity contribution in [2.45, 2.75) is 33.6 Å². The van der Waals surface area contributed by atoms with Gasteiger partial charge in [0.25, 0.3) is 0 Å². The minimum Gasteiger partial charge on any atom is -0.300 e. The van der Waals surface area contributed by atoms with Crippen LogP contribution in [-0.4, -0.2) is 11.6 Å². The summed E-state index contributed by atoms with van der Waals surface area (Å²) < 4.78 is 0. The highest BCUT2D eigenvalue weighted by atomic mass is 16.1. The van der Waals surface area contributed by atoms with Gasteiger partial charge < -0.3 is 0 Å². The second-order valence-corrected chi connectivity index (χ2v) is 4.20. The summed E-state index contributed by atoms with van der Waals surface area (Å²) >= 11 is 0. The van der Waals surface area contributed by atoms with Crippen molar-refractivity contribution in [1.29, 1.82) is 0 Å². The zero-order valence-electron chi connectivity index (χ0n) is 8.46. The molecule has 0 aromatic heterocycles. The van der Waals surface area contributed by atoms with Gasteiger partial charge in [-0.25, -0.2) is 0 Å². The van der Waals surface area contributed by atoms with Gasteiger partial charge in [0.05, 0.1) is 0 Å². The summed E-state index contributed by atoms with van der Waals surface area (Å²) in [6.07, 6.45) is 4.78. The van der Waals surface area contributed by atoms with Crippen LogP contribution in [0.4, 0.5) is 0 Å². The van der Waals surface area contributed by atoms with Gasteiger partial charge in [-0.3, -0.25) is 9.59 Å². The molecule has 0 unspecified atom stereocenters. The van der Waals surface area contributed by atoms with Gasteiger partial charge in [-0.05, 0) is 25.3 Å². The number of carbonyl (C=O) groups is 2. The van der Waals surface area contributed by atoms with Crippen molar-refractivity contribution in [3.63, 3.8) is 0 Å². The molecule has 0 aromatic carbocycles. The Bertz CT molecular complexity index is 265. The van der Waals surface area contributed by atoms with E-state index in [1.54, 1.807) is 13.0 Å². The first-order chi connectivity index (χ1) is 5.97. The Kier molecular flexibility index (Phi) is 2.69. The van der Waals surface area contributed by atoms with Crippen molar-refractivity contribution in [3.8, 4) is 0 Å². The summed E-state index contributed by atoms with van der Waals surface area (Å²) in [5, 5.41) is 0. The normalized spacial score (nSPS) is 33.5. The van der Waals surface area contributed by atoms with E-state index in [4.69, 9.17) is 0 Å². The molecule has 0 bridgehead atoms. The Balaban J connectivity index is 2.90. The molecule has 0 heterocycles. The van der Waals surface area contributed by atoms with Crippen LogP contribution in [0.15, 0.2) is 12.2 Å². The summed E-state index contributed by atoms with van der Waals surface area (Å²) in [5.74, 6) is 0.466. The predicted molar refractivity (Wildman–Crippen MR) is 51.3 cm³/mol. The van der Waals surface area contributed by atoms with E-state index < -0.39 is 5.41 Å². The third kappa shape index (κ3) is 1.87. The van der Waals surface area contributed by atoms with Gasteiger partial charge in [0.15, 0.2) is 5.78 Å². The molecule has 0 aliphatic heterocycles. The fraction of sp³-hybridized carbons (Fsp3) is 0.636. The largest absolute Gasteiger partial charge is 0.300 e. The average molecular weight is 180 g/mol. The molecule has 0 saturated heterocycles. The Morgan fingerprint density at radius 3 is 2.77 bits per heavy atom. The molecule has 2 heteroatoms. The molecule has 2 nitrogen and oxygen atoms in total. The fourth-order valence-electron chi connectivity index (χ4n) is 1.85. The Morgan fingerprint density at radius 1 is 1.69 bits per heavy atom. The predicted octanol–water partition coefficient (Wildman–Crippen LogP) is 2.14. The van der Waals surface area contributed by atoms with Crippen molar-refractivity contribution in [1.82, 2.24) is 0 Å². The maximum atomic E-state index is 11.6. The van der Waals surface area contributed by atoms with Crippen molar-refractivity contribution in [2.75, 3.05) is 0 Å². The van der Waals surface area contributed by atoms with Crippen molar-refractivity contribution >= 4 is 11.6 Å². The van der Waals surface area contributed by atoms with Crippen LogP contribution >= 0.6 is 0 Å². The van der Waals surface area contributed by atoms with Crippen LogP contribution in [0.3, 0.4) is 0 Å². The zero-order chi connectivity index (χ0) is 10.1. The van der Waals surface area contributed by atoms with Crippen molar-refractivity contribution in [2.24, 2.45) is 11.3 Å². The first-order valence-electron chi connectivity index (χ1n) is 4.67. The van der Waals surface area contributed by atoms with Gasteiger partial charge in [0, 0.05) is 11.8 Å². The molecule has 0 amide bonds. The third-order valence-corrected chi connectivity index (χ3v) is 3.03. The lowest BCUT2D eigenvalue weighted by Gasteiger charge is -2.34. The molecule has 0 spiro atoms. The van der Waals surface area contributed by atoms with Crippen LogP contribution in [0, 0.1) is 11.3 Å². The number of carbonyl (C=O) groups excluding carboxylic acids is 2. The molecule has 0 radical (unpaired) electrons. The Hall–Kier alpha value is -0.920. The van der Waals surface area contributed by atoms with Crippen LogP contribution in [0.2, 0.25) is 0 Å². The van der Waals surface area contributed by atoms with E-state index >= 15 is 0 Å². The van der Waals surface area contributed by atoms with Gasteiger partial charge in [0.2, 0.25) is 0 Å². The quantitative estimate of drug-likeness (QED) is 0.652. The molecule has 2 atom stereocenters. The second-order valence-electron chi connectivity index (χ2n) is 4.20. The van der Waals surface area contributed by atoms with Crippen LogP contribution in [0.1, 0.15) is 33.6 Å². The smallest absolute Gasteiger partial charge is 0.161 e. The lowest BCUT2D eigenvalue weighted by molar-refractivity contribution is -0.132. The summed E-state index contributed by atoms with van der Waals surface area (Å²) in [6, 6.07) is 0. The van der Waals surface area contributed by atoms with Crippen molar-refractivity contribution in [3.05, 3.63) is 12.2 Å². The van der Waals surface area contributed by atoms with Gasteiger partial charge in [-0.1, -0.05) is 19.9 Å². The van der Waals surface area contributed by atoms with Crippen LogP contribution in [0.25, 0.3) is 0 Å². The van der Waals surface area contributed by atoms with Crippen LogP contribution < -0.4 is 0 Å². The first-order valence-corrected chi connectivity index (χ1v) is 4.67. The van der Waals surface area contributed by atoms with Gasteiger partial charge in [-0.15, -0.1) is 0 Å². The number of hydrogen-bond donors (Lipinski definition) is 0. The van der Waals surface area contributed by atoms with Crippen LogP contribution in [-0.2, 0) is 9.59 Å². The monoisotopic (exact) mass is 180 g/mol. The molecule has 1 rings (SSSR count). The van der Waals surface area contributed by atoms with Crippen LogP contribution in [0.5, 0.6) is 0 Å². The molecule has 1 aliphatic carbocycles. The minimum atomic E-state index is -0.458. The van der Waals surface area contributed by atoms with E-state index in [1.165, 1.54) is 0 Å². The SMILES string of the molecule is CC(=O)C[C@]1(C)C(=O)C=CC[C@H]1C. The molecule has 0 saturated carbocycles. The maximum Gasteiger partial charge on any atom is 0.161 e. The van der Waals surface area contributed by atoms with E-state index in [0.29, 0.717) is 6.42 Å². The molecule has 0 N–H and O–H groups in total. The van der Waals surface area contributed by atoms with E-state index in [1.807, 2.05) is 19.9 Å². The standard InChI is InChI=1S/C11H16O2/c1-8-5-4-6-10(13)11(8,3)7-9(2)12/h4,6,8H,5,7H2,1-3H3/t8-,11+/m1/s1. The topological polar surface area (TPSA) is 34.1 Å². The first kappa shape index (κ1) is 10.2. The highest BCUT2D eigenvalue weighted by Gasteiger charge is 2.39. The molecule has 1 aliphatic rings. The highest BCUT2D eigenvalue weighted by Crippen LogP contribution is 2.38. The van der Waals surface area contributed by atoms with E-state index in [2.05, 4.69) is 0 Å². The number of rotatable bonds is 2. The number of allylic oxidation sites excluding steroid dienone is 2. The maximum absolute atomic E-state index is 11.6. The highest BCUT2D eigenvalue weighted by molar-refractivity contribution is 5.98. The number of hydrogen-bond acceptors (Lipinski definition) is 2. The zero-order valence-corrected chi connectivity index (χ0v) is 8.46. The lowest BCUT2D eigenvalue weighted by atomic mass is 9.67. The molecule has 0 aromatic rings. The Morgan fingerprint density at radius 2 is 2.31 bits per heavy atom. The third-order valence-electron chi connectivity index (χ3n) is 3.03. The van der Waals surface area contributed by atoms with E-state index in [-0.39, 0.29) is 17.5 Å². The minimum absolute atomic E-state index is 0.0954. The number of ketones is 2. The molecule has 0 fully saturated rings. The molecular weight excluding hydrogens is 164 g/mol. The Labute approximate surface area is 79.0 Å². The van der Waals surface area contributed by atoms with Crippen molar-refractivity contribution < 1.29 is 9.59 Å². The summed E-state index contributed by atoms with van der Waals surface area (Å²) in [7, 11) is 0. The van der Waals surface area contributed by atoms with E-state index in [0.717, 1.165) is 6.42 Å². The average Bonchev–Trinajstić information content (AvgIpc) is 1.99. The summed E-state index contributed by atoms with van der Waals surface area (Å²) in [6.45, 7) is 5.47. The summed E-state index contributed by atoms with van der Waals surface area (Å²) in [4.78, 5) is 22.7. The van der Waals surface area contributed by atoms with Gasteiger partial charge in [0.1, 0.15) is 5.78 Å². The molecule has 13 heavy (non-hydrogen) atoms. The number of Topliss-reactive ketones (excluding diaryl/α,β-unsaturated/α-hetero) is 1. The lowest BCUT2D eigenvalue weighted by Crippen LogP contribution is -2.37. The fourth-order valence-corrected chi connectivity index (χ4v) is 1.85. The molecular formula is C11H16O2.